The molecular formula is C21H30N4O2S. The Morgan fingerprint density at radius 3 is 2.43 bits per heavy atom. The Kier molecular flexibility index (Phi) is 5.33. The molecule has 1 aromatic carbocycles. The van der Waals surface area contributed by atoms with Crippen molar-refractivity contribution in [2.75, 3.05) is 19.6 Å². The molecule has 0 bridgehead atoms. The molecule has 1 aromatic heterocycles. The lowest BCUT2D eigenvalue weighted by atomic mass is 9.79. The summed E-state index contributed by atoms with van der Waals surface area (Å²) in [6.07, 6.45) is 7.34. The third kappa shape index (κ3) is 3.63. The van der Waals surface area contributed by atoms with Gasteiger partial charge in [-0.3, -0.25) is 4.90 Å². The molecule has 2 aromatic rings. The van der Waals surface area contributed by atoms with Crippen molar-refractivity contribution in [3.63, 3.8) is 0 Å². The summed E-state index contributed by atoms with van der Waals surface area (Å²) < 4.78 is 30.0. The number of sulfonamides is 1. The molecule has 1 spiro atoms. The Morgan fingerprint density at radius 1 is 1.07 bits per heavy atom. The van der Waals surface area contributed by atoms with Crippen LogP contribution >= 0.6 is 0 Å². The minimum Gasteiger partial charge on any atom is -0.337 e. The van der Waals surface area contributed by atoms with Gasteiger partial charge in [-0.05, 0) is 25.3 Å². The van der Waals surface area contributed by atoms with Crippen LogP contribution in [0.3, 0.4) is 0 Å². The van der Waals surface area contributed by atoms with Crippen LogP contribution in [0, 0.1) is 6.92 Å². The van der Waals surface area contributed by atoms with Crippen LogP contribution < -0.4 is 0 Å². The largest absolute Gasteiger partial charge is 0.337 e. The maximum Gasteiger partial charge on any atom is 0.262 e. The molecule has 0 radical (unpaired) electrons. The third-order valence-electron chi connectivity index (χ3n) is 6.45. The fourth-order valence-corrected chi connectivity index (χ4v) is 6.24. The van der Waals surface area contributed by atoms with Crippen LogP contribution in [0.5, 0.6) is 0 Å². The molecule has 152 valence electrons. The summed E-state index contributed by atoms with van der Waals surface area (Å²) in [5.74, 6) is 0.716. The van der Waals surface area contributed by atoms with E-state index in [1.807, 2.05) is 20.0 Å². The van der Waals surface area contributed by atoms with E-state index in [0.29, 0.717) is 18.9 Å². The number of imidazole rings is 1. The Balaban J connectivity index is 1.60. The van der Waals surface area contributed by atoms with Crippen LogP contribution in [0.15, 0.2) is 41.6 Å². The fraction of sp³-hybridized carbons (Fsp3) is 0.571. The lowest BCUT2D eigenvalue weighted by Crippen LogP contribution is -2.63. The van der Waals surface area contributed by atoms with Crippen molar-refractivity contribution in [2.45, 2.75) is 56.1 Å². The fourth-order valence-electron chi connectivity index (χ4n) is 4.70. The van der Waals surface area contributed by atoms with Crippen molar-refractivity contribution in [3.05, 3.63) is 47.9 Å². The summed E-state index contributed by atoms with van der Waals surface area (Å²) in [4.78, 5) is 6.84. The molecule has 28 heavy (non-hydrogen) atoms. The van der Waals surface area contributed by atoms with E-state index >= 15 is 0 Å². The summed E-state index contributed by atoms with van der Waals surface area (Å²) in [5, 5.41) is 0.176. The van der Waals surface area contributed by atoms with Gasteiger partial charge in [0.1, 0.15) is 5.82 Å². The first-order valence-electron chi connectivity index (χ1n) is 10.2. The second-order valence-corrected chi connectivity index (χ2v) is 10.2. The van der Waals surface area contributed by atoms with E-state index in [0.717, 1.165) is 25.9 Å². The van der Waals surface area contributed by atoms with Gasteiger partial charge in [0.05, 0.1) is 0 Å². The monoisotopic (exact) mass is 402 g/mol. The smallest absolute Gasteiger partial charge is 0.262 e. The number of rotatable bonds is 4. The minimum absolute atomic E-state index is 0.0662. The van der Waals surface area contributed by atoms with Gasteiger partial charge in [0.15, 0.2) is 5.03 Å². The van der Waals surface area contributed by atoms with Crippen LogP contribution in [0.1, 0.15) is 43.5 Å². The molecule has 1 saturated carbocycles. The average molecular weight is 403 g/mol. The molecule has 1 aliphatic heterocycles. The number of hydrogen-bond donors (Lipinski definition) is 0. The van der Waals surface area contributed by atoms with Crippen molar-refractivity contribution in [2.24, 2.45) is 7.05 Å². The van der Waals surface area contributed by atoms with Gasteiger partial charge in [0.25, 0.3) is 10.0 Å². The number of aryl methyl sites for hydroxylation is 2. The Hall–Kier alpha value is -1.70. The maximum atomic E-state index is 13.3. The van der Waals surface area contributed by atoms with Crippen LogP contribution in [0.25, 0.3) is 0 Å². The van der Waals surface area contributed by atoms with Gasteiger partial charge in [-0.15, -0.1) is 0 Å². The van der Waals surface area contributed by atoms with E-state index < -0.39 is 10.0 Å². The third-order valence-corrected chi connectivity index (χ3v) is 8.17. The molecule has 0 amide bonds. The Labute approximate surface area is 168 Å². The predicted octanol–water partition coefficient (Wildman–Crippen LogP) is 2.94. The van der Waals surface area contributed by atoms with E-state index in [9.17, 15) is 8.42 Å². The number of aromatic nitrogens is 2. The van der Waals surface area contributed by atoms with Gasteiger partial charge in [0, 0.05) is 45.0 Å². The predicted molar refractivity (Wildman–Crippen MR) is 109 cm³/mol. The highest BCUT2D eigenvalue weighted by atomic mass is 32.2. The van der Waals surface area contributed by atoms with Crippen LogP contribution in [-0.4, -0.2) is 52.3 Å². The molecule has 0 atom stereocenters. The van der Waals surface area contributed by atoms with E-state index in [4.69, 9.17) is 0 Å². The average Bonchev–Trinajstić information content (AvgIpc) is 3.04. The van der Waals surface area contributed by atoms with Crippen molar-refractivity contribution in [1.82, 2.24) is 18.8 Å². The van der Waals surface area contributed by atoms with Crippen molar-refractivity contribution >= 4 is 10.0 Å². The molecule has 0 N–H and O–H groups in total. The van der Waals surface area contributed by atoms with Crippen LogP contribution in [0.4, 0.5) is 0 Å². The van der Waals surface area contributed by atoms with Crippen molar-refractivity contribution in [1.29, 1.82) is 0 Å². The first kappa shape index (κ1) is 19.6. The normalized spacial score (nSPS) is 21.2. The Bertz CT molecular complexity index is 898. The first-order chi connectivity index (χ1) is 13.4. The summed E-state index contributed by atoms with van der Waals surface area (Å²) in [7, 11) is -1.73. The zero-order valence-corrected chi connectivity index (χ0v) is 17.7. The summed E-state index contributed by atoms with van der Waals surface area (Å²) in [6, 6.07) is 10.5. The topological polar surface area (TPSA) is 58.4 Å². The summed E-state index contributed by atoms with van der Waals surface area (Å²) in [5.41, 5.74) is 1.23. The quantitative estimate of drug-likeness (QED) is 0.789. The number of benzene rings is 1. The van der Waals surface area contributed by atoms with Gasteiger partial charge >= 0.3 is 0 Å². The standard InChI is InChI=1S/C21H30N4O2S/c1-18-22-20(16-23(18)2)28(26,27)25-14-13-24(15-19-9-5-3-6-10-19)21(17-25)11-7-4-8-12-21/h3,5-6,9-10,16H,4,7-8,11-15,17H2,1-2H3. The number of nitrogens with zero attached hydrogens (tertiary/aromatic N) is 4. The molecule has 1 saturated heterocycles. The highest BCUT2D eigenvalue weighted by molar-refractivity contribution is 7.89. The Morgan fingerprint density at radius 2 is 1.79 bits per heavy atom. The summed E-state index contributed by atoms with van der Waals surface area (Å²) >= 11 is 0. The van der Waals surface area contributed by atoms with Crippen molar-refractivity contribution < 1.29 is 8.42 Å². The highest BCUT2D eigenvalue weighted by Gasteiger charge is 2.45. The molecule has 2 fully saturated rings. The molecule has 2 heterocycles. The number of hydrogen-bond acceptors (Lipinski definition) is 4. The van der Waals surface area contributed by atoms with Gasteiger partial charge in [-0.25, -0.2) is 13.4 Å². The molecular weight excluding hydrogens is 372 g/mol. The molecule has 4 rings (SSSR count). The van der Waals surface area contributed by atoms with Crippen molar-refractivity contribution in [3.8, 4) is 0 Å². The zero-order valence-electron chi connectivity index (χ0n) is 16.8. The van der Waals surface area contributed by atoms with E-state index in [-0.39, 0.29) is 10.6 Å². The lowest BCUT2D eigenvalue weighted by molar-refractivity contribution is -0.00686. The second kappa shape index (κ2) is 7.61. The van der Waals surface area contributed by atoms with Gasteiger partial charge in [0.2, 0.25) is 0 Å². The van der Waals surface area contributed by atoms with Gasteiger partial charge in [-0.1, -0.05) is 49.6 Å². The van der Waals surface area contributed by atoms with Crippen LogP contribution in [-0.2, 0) is 23.6 Å². The van der Waals surface area contributed by atoms with Gasteiger partial charge < -0.3 is 4.57 Å². The zero-order chi connectivity index (χ0) is 19.8. The lowest BCUT2D eigenvalue weighted by Gasteiger charge is -2.52. The number of piperazine rings is 1. The molecule has 2 aliphatic rings. The highest BCUT2D eigenvalue weighted by Crippen LogP contribution is 2.38. The molecule has 1 aliphatic carbocycles. The molecule has 7 heteroatoms. The molecule has 6 nitrogen and oxygen atoms in total. The molecule has 0 unspecified atom stereocenters. The second-order valence-electron chi connectivity index (χ2n) is 8.27. The van der Waals surface area contributed by atoms with Crippen LogP contribution in [0.2, 0.25) is 0 Å². The van der Waals surface area contributed by atoms with E-state index in [1.165, 1.54) is 24.8 Å². The minimum atomic E-state index is -3.56. The first-order valence-corrected chi connectivity index (χ1v) is 11.6. The summed E-state index contributed by atoms with van der Waals surface area (Å²) in [6.45, 7) is 4.57. The van der Waals surface area contributed by atoms with Gasteiger partial charge in [-0.2, -0.15) is 4.31 Å². The maximum absolute atomic E-state index is 13.3. The van der Waals surface area contributed by atoms with E-state index in [2.05, 4.69) is 34.1 Å². The van der Waals surface area contributed by atoms with E-state index in [1.54, 1.807) is 15.1 Å². The SMILES string of the molecule is Cc1nc(S(=O)(=O)N2CCN(Cc3ccccc3)C3(CCCCC3)C2)cn1C.